The zero-order valence-electron chi connectivity index (χ0n) is 11.5. The Morgan fingerprint density at radius 1 is 1.00 bits per heavy atom. The van der Waals surface area contributed by atoms with Crippen LogP contribution in [0.2, 0.25) is 0 Å². The van der Waals surface area contributed by atoms with Crippen molar-refractivity contribution in [1.29, 1.82) is 0 Å². The first-order valence-corrected chi connectivity index (χ1v) is 7.64. The van der Waals surface area contributed by atoms with E-state index in [0.717, 1.165) is 18.1 Å². The molecule has 2 unspecified atom stereocenters. The normalized spacial score (nSPS) is 38.5. The minimum absolute atomic E-state index is 0.604. The Hall–Kier alpha value is -0.0800. The molecule has 0 aromatic heterocycles. The van der Waals surface area contributed by atoms with Crippen LogP contribution in [0.5, 0.6) is 0 Å². The van der Waals surface area contributed by atoms with Gasteiger partial charge in [0.25, 0.3) is 0 Å². The summed E-state index contributed by atoms with van der Waals surface area (Å²) >= 11 is 0. The topological polar surface area (TPSA) is 15.3 Å². The third-order valence-electron chi connectivity index (χ3n) is 5.39. The van der Waals surface area contributed by atoms with Gasteiger partial charge >= 0.3 is 0 Å². The molecule has 2 nitrogen and oxygen atoms in total. The fraction of sp³-hybridized carbons (Fsp3) is 1.00. The zero-order chi connectivity index (χ0) is 11.9. The van der Waals surface area contributed by atoms with Crippen molar-refractivity contribution in [2.45, 2.75) is 76.9 Å². The summed E-state index contributed by atoms with van der Waals surface area (Å²) < 4.78 is 0. The lowest BCUT2D eigenvalue weighted by molar-refractivity contribution is 0.190. The molecule has 3 rings (SSSR count). The lowest BCUT2D eigenvalue weighted by Gasteiger charge is -2.37. The third kappa shape index (κ3) is 2.53. The molecule has 0 bridgehead atoms. The second kappa shape index (κ2) is 4.55. The summed E-state index contributed by atoms with van der Waals surface area (Å²) in [6.07, 6.45) is 9.88. The molecule has 0 amide bonds. The Balaban J connectivity index is 1.51. The summed E-state index contributed by atoms with van der Waals surface area (Å²) in [4.78, 5) is 2.71. The first kappa shape index (κ1) is 12.0. The molecule has 2 heteroatoms. The van der Waals surface area contributed by atoms with Crippen molar-refractivity contribution in [3.8, 4) is 0 Å². The second-order valence-electron chi connectivity index (χ2n) is 7.25. The molecule has 3 fully saturated rings. The lowest BCUT2D eigenvalue weighted by Crippen LogP contribution is -2.46. The number of nitrogens with one attached hydrogen (secondary N) is 1. The van der Waals surface area contributed by atoms with Crippen molar-refractivity contribution in [2.75, 3.05) is 13.1 Å². The maximum atomic E-state index is 3.99. The number of hydrogen-bond donors (Lipinski definition) is 1. The predicted molar refractivity (Wildman–Crippen MR) is 72.2 cm³/mol. The molecule has 1 aliphatic carbocycles. The second-order valence-corrected chi connectivity index (χ2v) is 7.25. The molecule has 3 aliphatic rings. The number of fused-ring (bicyclic) bond motifs is 1. The minimum atomic E-state index is 0.604. The highest BCUT2D eigenvalue weighted by atomic mass is 15.2. The van der Waals surface area contributed by atoms with Gasteiger partial charge in [0.1, 0.15) is 0 Å². The maximum Gasteiger partial charge on any atom is 0.0250 e. The molecule has 0 spiro atoms. The van der Waals surface area contributed by atoms with E-state index in [0.29, 0.717) is 5.41 Å². The summed E-state index contributed by atoms with van der Waals surface area (Å²) in [6, 6.07) is 2.50. The van der Waals surface area contributed by atoms with Crippen LogP contribution in [0.3, 0.4) is 0 Å². The molecule has 2 atom stereocenters. The van der Waals surface area contributed by atoms with Crippen molar-refractivity contribution < 1.29 is 0 Å². The van der Waals surface area contributed by atoms with E-state index in [9.17, 15) is 0 Å². The zero-order valence-corrected chi connectivity index (χ0v) is 11.5. The van der Waals surface area contributed by atoms with Crippen molar-refractivity contribution in [3.63, 3.8) is 0 Å². The van der Waals surface area contributed by atoms with E-state index in [-0.39, 0.29) is 0 Å². The van der Waals surface area contributed by atoms with Gasteiger partial charge in [-0.2, -0.15) is 0 Å². The molecule has 1 saturated carbocycles. The first-order chi connectivity index (χ1) is 8.14. The average molecular weight is 236 g/mol. The smallest absolute Gasteiger partial charge is 0.0250 e. The molecular weight excluding hydrogens is 208 g/mol. The van der Waals surface area contributed by atoms with Gasteiger partial charge in [-0.3, -0.25) is 4.90 Å². The molecule has 2 heterocycles. The van der Waals surface area contributed by atoms with Gasteiger partial charge in [0.15, 0.2) is 0 Å². The van der Waals surface area contributed by atoms with Gasteiger partial charge in [-0.1, -0.05) is 13.8 Å². The van der Waals surface area contributed by atoms with Gasteiger partial charge in [-0.15, -0.1) is 0 Å². The summed E-state index contributed by atoms with van der Waals surface area (Å²) in [7, 11) is 0. The van der Waals surface area contributed by atoms with Crippen LogP contribution in [0.25, 0.3) is 0 Å². The summed E-state index contributed by atoms with van der Waals surface area (Å²) in [6.45, 7) is 7.57. The van der Waals surface area contributed by atoms with E-state index in [1.807, 2.05) is 0 Å². The van der Waals surface area contributed by atoms with Gasteiger partial charge in [0.2, 0.25) is 0 Å². The van der Waals surface area contributed by atoms with E-state index in [4.69, 9.17) is 0 Å². The van der Waals surface area contributed by atoms with Crippen LogP contribution in [-0.4, -0.2) is 36.1 Å². The highest BCUT2D eigenvalue weighted by Gasteiger charge is 2.38. The summed E-state index contributed by atoms with van der Waals surface area (Å²) in [5.74, 6) is 0. The van der Waals surface area contributed by atoms with Crippen molar-refractivity contribution in [1.82, 2.24) is 10.2 Å². The van der Waals surface area contributed by atoms with Gasteiger partial charge in [0.05, 0.1) is 0 Å². The summed E-state index contributed by atoms with van der Waals surface area (Å²) in [5, 5.41) is 3.99. The van der Waals surface area contributed by atoms with Crippen molar-refractivity contribution in [3.05, 3.63) is 0 Å². The van der Waals surface area contributed by atoms with Crippen LogP contribution in [0.15, 0.2) is 0 Å². The molecule has 17 heavy (non-hydrogen) atoms. The Labute approximate surface area is 106 Å². The Kier molecular flexibility index (Phi) is 3.20. The van der Waals surface area contributed by atoms with Gasteiger partial charge in [0, 0.05) is 24.7 Å². The monoisotopic (exact) mass is 236 g/mol. The number of rotatable bonds is 2. The molecule has 0 aromatic carbocycles. The molecule has 2 saturated heterocycles. The Bertz CT molecular complexity index is 264. The van der Waals surface area contributed by atoms with Gasteiger partial charge in [-0.05, 0) is 56.9 Å². The molecule has 98 valence electrons. The first-order valence-electron chi connectivity index (χ1n) is 7.64. The van der Waals surface area contributed by atoms with Crippen LogP contribution in [0, 0.1) is 5.41 Å². The summed E-state index contributed by atoms with van der Waals surface area (Å²) in [5.41, 5.74) is 0.604. The van der Waals surface area contributed by atoms with Crippen LogP contribution in [-0.2, 0) is 0 Å². The van der Waals surface area contributed by atoms with E-state index < -0.39 is 0 Å². The fourth-order valence-electron chi connectivity index (χ4n) is 4.15. The van der Waals surface area contributed by atoms with Gasteiger partial charge in [-0.25, -0.2) is 0 Å². The average Bonchev–Trinajstić information content (AvgIpc) is 2.85. The highest BCUT2D eigenvalue weighted by Crippen LogP contribution is 2.36. The standard InChI is InChI=1S/C15H28N2/c1-15(2)8-5-12(6-9-15)16-13-7-11-17-10-3-4-14(13)17/h12-14,16H,3-11H2,1-2H3. The largest absolute Gasteiger partial charge is 0.310 e. The highest BCUT2D eigenvalue weighted by molar-refractivity contribution is 4.97. The Morgan fingerprint density at radius 2 is 1.76 bits per heavy atom. The molecule has 1 N–H and O–H groups in total. The van der Waals surface area contributed by atoms with Gasteiger partial charge < -0.3 is 5.32 Å². The number of nitrogens with zero attached hydrogens (tertiary/aromatic N) is 1. The van der Waals surface area contributed by atoms with Crippen LogP contribution < -0.4 is 5.32 Å². The fourth-order valence-corrected chi connectivity index (χ4v) is 4.15. The van der Waals surface area contributed by atoms with Crippen LogP contribution in [0.1, 0.15) is 58.8 Å². The molecule has 0 radical (unpaired) electrons. The van der Waals surface area contributed by atoms with E-state index in [2.05, 4.69) is 24.1 Å². The van der Waals surface area contributed by atoms with Crippen LogP contribution in [0.4, 0.5) is 0 Å². The van der Waals surface area contributed by atoms with E-state index >= 15 is 0 Å². The van der Waals surface area contributed by atoms with E-state index in [1.165, 1.54) is 58.0 Å². The molecule has 2 aliphatic heterocycles. The van der Waals surface area contributed by atoms with Crippen molar-refractivity contribution in [2.24, 2.45) is 5.41 Å². The maximum absolute atomic E-state index is 3.99. The third-order valence-corrected chi connectivity index (χ3v) is 5.39. The number of hydrogen-bond acceptors (Lipinski definition) is 2. The predicted octanol–water partition coefficient (Wildman–Crippen LogP) is 2.78. The molecule has 0 aromatic rings. The SMILES string of the molecule is CC1(C)CCC(NC2CCN3CCCC23)CC1. The molecular formula is C15H28N2. The van der Waals surface area contributed by atoms with E-state index in [1.54, 1.807) is 0 Å². The van der Waals surface area contributed by atoms with Crippen molar-refractivity contribution >= 4 is 0 Å². The van der Waals surface area contributed by atoms with Crippen LogP contribution >= 0.6 is 0 Å². The quantitative estimate of drug-likeness (QED) is 0.793. The minimum Gasteiger partial charge on any atom is -0.310 e. The Morgan fingerprint density at radius 3 is 2.53 bits per heavy atom. The lowest BCUT2D eigenvalue weighted by atomic mass is 9.75.